The van der Waals surface area contributed by atoms with Crippen LogP contribution >= 0.6 is 0 Å². The summed E-state index contributed by atoms with van der Waals surface area (Å²) in [6.45, 7) is 5.52. The zero-order valence-electron chi connectivity index (χ0n) is 10.5. The Kier molecular flexibility index (Phi) is 3.85. The molecule has 4 unspecified atom stereocenters. The molecule has 2 N–H and O–H groups in total. The van der Waals surface area contributed by atoms with E-state index in [9.17, 15) is 4.79 Å². The fraction of sp³-hybridized carbons (Fsp3) is 0.923. The first kappa shape index (κ1) is 11.9. The van der Waals surface area contributed by atoms with E-state index in [1.165, 1.54) is 19.3 Å². The third-order valence-electron chi connectivity index (χ3n) is 4.17. The lowest BCUT2D eigenvalue weighted by Crippen LogP contribution is -2.52. The molecule has 0 aromatic heterocycles. The highest BCUT2D eigenvalue weighted by Crippen LogP contribution is 2.28. The van der Waals surface area contributed by atoms with Crippen molar-refractivity contribution in [1.29, 1.82) is 0 Å². The fourth-order valence-electron chi connectivity index (χ4n) is 2.94. The van der Waals surface area contributed by atoms with Gasteiger partial charge < -0.3 is 10.6 Å². The van der Waals surface area contributed by atoms with Gasteiger partial charge in [-0.05, 0) is 31.1 Å². The highest BCUT2D eigenvalue weighted by atomic mass is 16.1. The molecule has 2 rings (SSSR count). The standard InChI is InChI=1S/C13H24N2O/c1-9-3-4-10(2)12(7-9)15-11-5-6-13(16)14-8-11/h9-12,15H,3-8H2,1-2H3,(H,14,16). The molecular weight excluding hydrogens is 200 g/mol. The van der Waals surface area contributed by atoms with Crippen LogP contribution in [-0.4, -0.2) is 24.5 Å². The summed E-state index contributed by atoms with van der Waals surface area (Å²) < 4.78 is 0. The number of piperidine rings is 1. The minimum atomic E-state index is 0.211. The van der Waals surface area contributed by atoms with Crippen molar-refractivity contribution in [2.24, 2.45) is 11.8 Å². The SMILES string of the molecule is CC1CCC(C)C(NC2CCC(=O)NC2)C1. The summed E-state index contributed by atoms with van der Waals surface area (Å²) in [5.74, 6) is 1.85. The van der Waals surface area contributed by atoms with E-state index >= 15 is 0 Å². The van der Waals surface area contributed by atoms with Crippen molar-refractivity contribution in [3.8, 4) is 0 Å². The summed E-state index contributed by atoms with van der Waals surface area (Å²) in [6, 6.07) is 1.15. The van der Waals surface area contributed by atoms with Gasteiger partial charge in [0, 0.05) is 25.0 Å². The fourth-order valence-corrected chi connectivity index (χ4v) is 2.94. The van der Waals surface area contributed by atoms with E-state index in [-0.39, 0.29) is 5.91 Å². The Balaban J connectivity index is 1.81. The van der Waals surface area contributed by atoms with Crippen molar-refractivity contribution in [1.82, 2.24) is 10.6 Å². The van der Waals surface area contributed by atoms with Gasteiger partial charge in [0.25, 0.3) is 0 Å². The van der Waals surface area contributed by atoms with Crippen LogP contribution in [0.4, 0.5) is 0 Å². The molecule has 1 saturated carbocycles. The minimum absolute atomic E-state index is 0.211. The number of carbonyl (C=O) groups is 1. The van der Waals surface area contributed by atoms with Crippen molar-refractivity contribution in [3.63, 3.8) is 0 Å². The summed E-state index contributed by atoms with van der Waals surface area (Å²) >= 11 is 0. The maximum absolute atomic E-state index is 11.1. The van der Waals surface area contributed by atoms with E-state index in [0.29, 0.717) is 18.5 Å². The number of hydrogen-bond donors (Lipinski definition) is 2. The van der Waals surface area contributed by atoms with Gasteiger partial charge in [-0.1, -0.05) is 20.3 Å². The molecule has 1 amide bonds. The first-order chi connectivity index (χ1) is 7.65. The van der Waals surface area contributed by atoms with Crippen LogP contribution in [0.5, 0.6) is 0 Å². The Labute approximate surface area is 98.4 Å². The molecule has 92 valence electrons. The molecule has 0 aromatic rings. The summed E-state index contributed by atoms with van der Waals surface area (Å²) in [5, 5.41) is 6.69. The predicted octanol–water partition coefficient (Wildman–Crippen LogP) is 1.68. The monoisotopic (exact) mass is 224 g/mol. The van der Waals surface area contributed by atoms with Crippen molar-refractivity contribution >= 4 is 5.91 Å². The van der Waals surface area contributed by atoms with E-state index in [1.807, 2.05) is 0 Å². The summed E-state index contributed by atoms with van der Waals surface area (Å²) in [6.07, 6.45) is 5.71. The van der Waals surface area contributed by atoms with E-state index in [1.54, 1.807) is 0 Å². The van der Waals surface area contributed by atoms with Crippen LogP contribution in [0, 0.1) is 11.8 Å². The molecule has 16 heavy (non-hydrogen) atoms. The zero-order valence-corrected chi connectivity index (χ0v) is 10.5. The lowest BCUT2D eigenvalue weighted by Gasteiger charge is -2.37. The van der Waals surface area contributed by atoms with Gasteiger partial charge >= 0.3 is 0 Å². The molecule has 2 aliphatic rings. The van der Waals surface area contributed by atoms with E-state index in [0.717, 1.165) is 24.8 Å². The molecule has 3 heteroatoms. The number of rotatable bonds is 2. The Morgan fingerprint density at radius 2 is 2.06 bits per heavy atom. The molecule has 4 atom stereocenters. The van der Waals surface area contributed by atoms with Gasteiger partial charge in [0.2, 0.25) is 5.91 Å². The molecule has 3 nitrogen and oxygen atoms in total. The molecule has 2 fully saturated rings. The molecule has 1 heterocycles. The van der Waals surface area contributed by atoms with Crippen molar-refractivity contribution in [2.75, 3.05) is 6.54 Å². The molecule has 1 aliphatic carbocycles. The zero-order chi connectivity index (χ0) is 11.5. The highest BCUT2D eigenvalue weighted by molar-refractivity contribution is 5.76. The largest absolute Gasteiger partial charge is 0.355 e. The van der Waals surface area contributed by atoms with Gasteiger partial charge in [0.15, 0.2) is 0 Å². The second kappa shape index (κ2) is 5.17. The average Bonchev–Trinajstić information content (AvgIpc) is 2.27. The smallest absolute Gasteiger partial charge is 0.220 e. The predicted molar refractivity (Wildman–Crippen MR) is 65.1 cm³/mol. The molecular formula is C13H24N2O. The van der Waals surface area contributed by atoms with Gasteiger partial charge in [0.05, 0.1) is 0 Å². The summed E-state index contributed by atoms with van der Waals surface area (Å²) in [5.41, 5.74) is 0. The maximum Gasteiger partial charge on any atom is 0.220 e. The summed E-state index contributed by atoms with van der Waals surface area (Å²) in [4.78, 5) is 11.1. The van der Waals surface area contributed by atoms with Crippen molar-refractivity contribution in [3.05, 3.63) is 0 Å². The lowest BCUT2D eigenvalue weighted by atomic mass is 9.79. The van der Waals surface area contributed by atoms with Gasteiger partial charge in [-0.2, -0.15) is 0 Å². The molecule has 0 radical (unpaired) electrons. The van der Waals surface area contributed by atoms with E-state index in [2.05, 4.69) is 24.5 Å². The second-order valence-electron chi connectivity index (χ2n) is 5.71. The maximum atomic E-state index is 11.1. The Morgan fingerprint density at radius 1 is 1.25 bits per heavy atom. The van der Waals surface area contributed by atoms with Crippen LogP contribution in [0.1, 0.15) is 46.0 Å². The molecule has 1 saturated heterocycles. The molecule has 0 bridgehead atoms. The topological polar surface area (TPSA) is 41.1 Å². The molecule has 0 aromatic carbocycles. The Bertz CT molecular complexity index is 244. The molecule has 0 spiro atoms. The normalized spacial score (nSPS) is 40.5. The minimum Gasteiger partial charge on any atom is -0.355 e. The number of nitrogens with one attached hydrogen (secondary N) is 2. The number of hydrogen-bond acceptors (Lipinski definition) is 2. The number of amides is 1. The van der Waals surface area contributed by atoms with E-state index in [4.69, 9.17) is 0 Å². The quantitative estimate of drug-likeness (QED) is 0.749. The van der Waals surface area contributed by atoms with Crippen LogP contribution in [0.2, 0.25) is 0 Å². The van der Waals surface area contributed by atoms with Gasteiger partial charge in [-0.25, -0.2) is 0 Å². The summed E-state index contributed by atoms with van der Waals surface area (Å²) in [7, 11) is 0. The highest BCUT2D eigenvalue weighted by Gasteiger charge is 2.28. The van der Waals surface area contributed by atoms with Crippen molar-refractivity contribution < 1.29 is 4.79 Å². The van der Waals surface area contributed by atoms with Gasteiger partial charge in [-0.3, -0.25) is 4.79 Å². The van der Waals surface area contributed by atoms with Crippen LogP contribution in [-0.2, 0) is 4.79 Å². The third kappa shape index (κ3) is 2.97. The first-order valence-corrected chi connectivity index (χ1v) is 6.68. The van der Waals surface area contributed by atoms with Crippen LogP contribution in [0.25, 0.3) is 0 Å². The van der Waals surface area contributed by atoms with E-state index < -0.39 is 0 Å². The third-order valence-corrected chi connectivity index (χ3v) is 4.17. The van der Waals surface area contributed by atoms with Crippen LogP contribution in [0.15, 0.2) is 0 Å². The van der Waals surface area contributed by atoms with Gasteiger partial charge in [0.1, 0.15) is 0 Å². The first-order valence-electron chi connectivity index (χ1n) is 6.68. The van der Waals surface area contributed by atoms with Crippen molar-refractivity contribution in [2.45, 2.75) is 58.0 Å². The Morgan fingerprint density at radius 3 is 2.75 bits per heavy atom. The lowest BCUT2D eigenvalue weighted by molar-refractivity contribution is -0.122. The molecule has 1 aliphatic heterocycles. The average molecular weight is 224 g/mol. The Hall–Kier alpha value is -0.570. The van der Waals surface area contributed by atoms with Crippen LogP contribution in [0.3, 0.4) is 0 Å². The second-order valence-corrected chi connectivity index (χ2v) is 5.71. The number of carbonyl (C=O) groups excluding carboxylic acids is 1. The van der Waals surface area contributed by atoms with Crippen LogP contribution < -0.4 is 10.6 Å². The van der Waals surface area contributed by atoms with Gasteiger partial charge in [-0.15, -0.1) is 0 Å².